The minimum absolute atomic E-state index is 0.160. The van der Waals surface area contributed by atoms with Crippen molar-refractivity contribution in [2.75, 3.05) is 0 Å². The summed E-state index contributed by atoms with van der Waals surface area (Å²) in [6.07, 6.45) is 2.87. The number of hydrogen-bond donors (Lipinski definition) is 0. The van der Waals surface area contributed by atoms with Crippen LogP contribution in [0.25, 0.3) is 5.53 Å². The van der Waals surface area contributed by atoms with Gasteiger partial charge in [-0.2, -0.15) is 13.2 Å². The van der Waals surface area contributed by atoms with Gasteiger partial charge in [-0.3, -0.25) is 0 Å². The smallest absolute Gasteiger partial charge is 0.361 e. The molecule has 1 atom stereocenters. The molecule has 1 rings (SSSR count). The van der Waals surface area contributed by atoms with Gasteiger partial charge in [0.2, 0.25) is 10.3 Å². The Hall–Kier alpha value is -1.57. The predicted molar refractivity (Wildman–Crippen MR) is 54.6 cm³/mol. The fraction of sp³-hybridized carbons (Fsp3) is 0.143. The summed E-state index contributed by atoms with van der Waals surface area (Å²) in [6, 6.07) is 0. The van der Waals surface area contributed by atoms with Crippen molar-refractivity contribution in [3.8, 4) is 0 Å². The SMILES string of the molecule is [N-]=[N+]=CS(=O)(=O)C1C=CC=C(F)C1=S(=O)=O. The predicted octanol–water partition coefficient (Wildman–Crippen LogP) is -0.497. The number of rotatable bonds is 2. The summed E-state index contributed by atoms with van der Waals surface area (Å²) in [5.74, 6) is -1.16. The van der Waals surface area contributed by atoms with Gasteiger partial charge in [-0.15, -0.1) is 0 Å². The molecule has 0 amide bonds. The molecule has 0 aromatic heterocycles. The van der Waals surface area contributed by atoms with Crippen molar-refractivity contribution in [2.24, 2.45) is 0 Å². The average molecular weight is 264 g/mol. The van der Waals surface area contributed by atoms with Crippen LogP contribution in [-0.4, -0.2) is 37.3 Å². The third-order valence-electron chi connectivity index (χ3n) is 1.75. The Bertz CT molecular complexity index is 643. The molecule has 0 aliphatic heterocycles. The molecule has 9 heteroatoms. The quantitative estimate of drug-likeness (QED) is 0.220. The van der Waals surface area contributed by atoms with E-state index in [2.05, 4.69) is 4.79 Å². The lowest BCUT2D eigenvalue weighted by Gasteiger charge is -2.10. The third-order valence-corrected chi connectivity index (χ3v) is 4.20. The highest BCUT2D eigenvalue weighted by Crippen LogP contribution is 2.16. The largest absolute Gasteiger partial charge is 0.371 e. The van der Waals surface area contributed by atoms with Gasteiger partial charge in [0, 0.05) is 0 Å². The summed E-state index contributed by atoms with van der Waals surface area (Å²) in [5, 5.41) is -1.70. The lowest BCUT2D eigenvalue weighted by Crippen LogP contribution is -2.32. The first-order valence-electron chi connectivity index (χ1n) is 3.82. The summed E-state index contributed by atoms with van der Waals surface area (Å²) < 4.78 is 57.3. The van der Waals surface area contributed by atoms with Crippen molar-refractivity contribution in [3.05, 3.63) is 29.6 Å². The van der Waals surface area contributed by atoms with Crippen LogP contribution in [0.1, 0.15) is 0 Å². The van der Waals surface area contributed by atoms with E-state index in [-0.39, 0.29) is 5.55 Å². The Kier molecular flexibility index (Phi) is 3.53. The molecule has 0 heterocycles. The molecule has 6 nitrogen and oxygen atoms in total. The van der Waals surface area contributed by atoms with E-state index in [1.807, 2.05) is 0 Å². The van der Waals surface area contributed by atoms with Crippen molar-refractivity contribution in [1.29, 1.82) is 0 Å². The van der Waals surface area contributed by atoms with Gasteiger partial charge in [-0.25, -0.2) is 12.8 Å². The number of allylic oxidation sites excluding steroid dienone is 3. The van der Waals surface area contributed by atoms with Gasteiger partial charge in [0.15, 0.2) is 0 Å². The second-order valence-corrected chi connectivity index (χ2v) is 5.53. The molecule has 0 aromatic carbocycles. The molecule has 86 valence electrons. The van der Waals surface area contributed by atoms with E-state index in [0.29, 0.717) is 0 Å². The Morgan fingerprint density at radius 3 is 2.62 bits per heavy atom. The van der Waals surface area contributed by atoms with Gasteiger partial charge in [0.05, 0.1) is 0 Å². The number of nitrogens with zero attached hydrogens (tertiary/aromatic N) is 2. The Balaban J connectivity index is 3.50. The number of halogens is 1. The highest BCUT2D eigenvalue weighted by atomic mass is 32.2. The van der Waals surface area contributed by atoms with Crippen LogP contribution in [-0.2, 0) is 20.1 Å². The molecular weight excluding hydrogens is 259 g/mol. The van der Waals surface area contributed by atoms with Crippen molar-refractivity contribution < 1.29 is 26.0 Å². The Morgan fingerprint density at radius 1 is 1.50 bits per heavy atom. The molecule has 0 N–H and O–H groups in total. The first-order chi connectivity index (χ1) is 7.40. The maximum absolute atomic E-state index is 13.1. The van der Waals surface area contributed by atoms with Crippen molar-refractivity contribution in [3.63, 3.8) is 0 Å². The summed E-state index contributed by atoms with van der Waals surface area (Å²) in [7, 11) is -7.21. The van der Waals surface area contributed by atoms with Crippen molar-refractivity contribution >= 4 is 30.5 Å². The van der Waals surface area contributed by atoms with Crippen LogP contribution in [0.15, 0.2) is 24.1 Å². The topological polar surface area (TPSA) is 105 Å². The Labute approximate surface area is 91.8 Å². The van der Waals surface area contributed by atoms with Crippen LogP contribution < -0.4 is 0 Å². The van der Waals surface area contributed by atoms with E-state index in [1.54, 1.807) is 0 Å². The van der Waals surface area contributed by atoms with Crippen molar-refractivity contribution in [1.82, 2.24) is 0 Å². The molecule has 0 saturated heterocycles. The normalized spacial score (nSPS) is 19.9. The number of hydrogen-bond acceptors (Lipinski definition) is 4. The summed E-state index contributed by atoms with van der Waals surface area (Å²) in [5.41, 5.74) is 8.28. The van der Waals surface area contributed by atoms with Crippen LogP contribution in [0.2, 0.25) is 0 Å². The van der Waals surface area contributed by atoms with E-state index in [1.165, 1.54) is 0 Å². The molecule has 1 unspecified atom stereocenters. The summed E-state index contributed by atoms with van der Waals surface area (Å²) >= 11 is 0. The van der Waals surface area contributed by atoms with E-state index in [9.17, 15) is 21.2 Å². The van der Waals surface area contributed by atoms with Gasteiger partial charge in [0.25, 0.3) is 9.84 Å². The first kappa shape index (κ1) is 12.5. The summed E-state index contributed by atoms with van der Waals surface area (Å²) in [4.78, 5) is 1.40. The zero-order valence-corrected chi connectivity index (χ0v) is 9.24. The minimum atomic E-state index is -4.20. The second kappa shape index (κ2) is 4.52. The molecule has 0 saturated carbocycles. The van der Waals surface area contributed by atoms with Gasteiger partial charge >= 0.3 is 5.55 Å². The van der Waals surface area contributed by atoms with Crippen LogP contribution in [0, 0.1) is 0 Å². The lowest BCUT2D eigenvalue weighted by atomic mass is 10.2. The molecule has 1 aliphatic carbocycles. The maximum Gasteiger partial charge on any atom is 0.371 e. The second-order valence-electron chi connectivity index (χ2n) is 2.73. The first-order valence-corrected chi connectivity index (χ1v) is 6.50. The van der Waals surface area contributed by atoms with Crippen LogP contribution in [0.4, 0.5) is 4.39 Å². The zero-order chi connectivity index (χ0) is 12.3. The molecular formula is C7H5FN2O4S2. The van der Waals surface area contributed by atoms with Gasteiger partial charge < -0.3 is 5.53 Å². The zero-order valence-electron chi connectivity index (χ0n) is 7.61. The Morgan fingerprint density at radius 2 is 2.12 bits per heavy atom. The maximum atomic E-state index is 13.1. The molecule has 0 bridgehead atoms. The monoisotopic (exact) mass is 264 g/mol. The molecule has 0 fully saturated rings. The van der Waals surface area contributed by atoms with Gasteiger partial charge in [-0.1, -0.05) is 12.2 Å². The van der Waals surface area contributed by atoms with Crippen LogP contribution in [0.3, 0.4) is 0 Å². The summed E-state index contributed by atoms with van der Waals surface area (Å²) in [6.45, 7) is 0. The van der Waals surface area contributed by atoms with E-state index in [4.69, 9.17) is 5.53 Å². The fourth-order valence-electron chi connectivity index (χ4n) is 1.11. The number of sulfone groups is 1. The minimum Gasteiger partial charge on any atom is -0.361 e. The van der Waals surface area contributed by atoms with Crippen LogP contribution in [0.5, 0.6) is 0 Å². The van der Waals surface area contributed by atoms with Gasteiger partial charge in [0.1, 0.15) is 15.9 Å². The van der Waals surface area contributed by atoms with Gasteiger partial charge in [-0.05, 0) is 6.08 Å². The molecule has 16 heavy (non-hydrogen) atoms. The highest BCUT2D eigenvalue weighted by Gasteiger charge is 2.34. The highest BCUT2D eigenvalue weighted by molar-refractivity contribution is 8.06. The molecule has 0 spiro atoms. The molecule has 0 radical (unpaired) electrons. The lowest BCUT2D eigenvalue weighted by molar-refractivity contribution is 0.00753. The van der Waals surface area contributed by atoms with Crippen molar-refractivity contribution in [2.45, 2.75) is 5.25 Å². The van der Waals surface area contributed by atoms with Crippen LogP contribution >= 0.6 is 0 Å². The standard InChI is InChI=1S/C7H5FN2O4S2/c8-5-2-1-3-6(7(5)15(11)12)16(13,14)4-10-9/h1-4,6H. The molecule has 0 aromatic rings. The third kappa shape index (κ3) is 2.32. The average Bonchev–Trinajstić information content (AvgIpc) is 2.16. The van der Waals surface area contributed by atoms with E-state index in [0.717, 1.165) is 18.2 Å². The fourth-order valence-corrected chi connectivity index (χ4v) is 3.23. The molecule has 1 aliphatic rings. The van der Waals surface area contributed by atoms with E-state index < -0.39 is 36.1 Å². The van der Waals surface area contributed by atoms with E-state index >= 15 is 0 Å².